The first kappa shape index (κ1) is 25.1. The van der Waals surface area contributed by atoms with Gasteiger partial charge in [0.05, 0.1) is 17.0 Å². The summed E-state index contributed by atoms with van der Waals surface area (Å²) in [5.74, 6) is -1.58. The first-order valence-electron chi connectivity index (χ1n) is 12.0. The van der Waals surface area contributed by atoms with Crippen LogP contribution in [0.15, 0.2) is 66.7 Å². The lowest BCUT2D eigenvalue weighted by atomic mass is 9.98. The van der Waals surface area contributed by atoms with Gasteiger partial charge in [-0.25, -0.2) is 4.39 Å². The predicted octanol–water partition coefficient (Wildman–Crippen LogP) is 5.27. The van der Waals surface area contributed by atoms with Crippen molar-refractivity contribution in [3.63, 3.8) is 0 Å². The molecule has 0 fully saturated rings. The Morgan fingerprint density at radius 2 is 1.78 bits per heavy atom. The van der Waals surface area contributed by atoms with E-state index >= 15 is 0 Å². The van der Waals surface area contributed by atoms with Gasteiger partial charge in [-0.15, -0.1) is 0 Å². The summed E-state index contributed by atoms with van der Waals surface area (Å²) in [5.41, 5.74) is 5.80. The van der Waals surface area contributed by atoms with E-state index in [0.29, 0.717) is 28.9 Å². The zero-order valence-electron chi connectivity index (χ0n) is 20.5. The minimum absolute atomic E-state index is 0.0491. The van der Waals surface area contributed by atoms with Crippen LogP contribution in [0.5, 0.6) is 0 Å². The molecule has 3 aromatic rings. The smallest absolute Gasteiger partial charge is 0.303 e. The highest BCUT2D eigenvalue weighted by Gasteiger charge is 2.29. The average molecular weight is 488 g/mol. The van der Waals surface area contributed by atoms with Crippen LogP contribution < -0.4 is 10.6 Å². The Kier molecular flexibility index (Phi) is 7.80. The molecule has 36 heavy (non-hydrogen) atoms. The van der Waals surface area contributed by atoms with E-state index in [1.807, 2.05) is 36.4 Å². The standard InChI is InChI=1S/C29H30FN3O3/c1-33(2)16-4-6-20-5-3-7-23(17-20)31-28(21-11-8-19(9-12-21)10-15-26(34)35)27-24-14-13-22(30)18-25(24)32-29(27)36/h3,5,7-9,11-14,17-18,31H,4,6,10,15-16H2,1-2H3,(H,32,36)(H,34,35). The van der Waals surface area contributed by atoms with Gasteiger partial charge in [0.15, 0.2) is 0 Å². The monoisotopic (exact) mass is 487 g/mol. The largest absolute Gasteiger partial charge is 0.481 e. The van der Waals surface area contributed by atoms with Gasteiger partial charge in [-0.2, -0.15) is 0 Å². The SMILES string of the molecule is CN(C)CCCc1cccc(NC(=C2C(=O)Nc3cc(F)ccc32)c2ccc(CCC(=O)O)cc2)c1. The molecule has 0 unspecified atom stereocenters. The Hall–Kier alpha value is -3.97. The maximum absolute atomic E-state index is 13.8. The summed E-state index contributed by atoms with van der Waals surface area (Å²) >= 11 is 0. The molecule has 0 saturated heterocycles. The number of rotatable bonds is 10. The summed E-state index contributed by atoms with van der Waals surface area (Å²) in [4.78, 5) is 26.2. The fourth-order valence-electron chi connectivity index (χ4n) is 4.31. The Morgan fingerprint density at radius 3 is 2.50 bits per heavy atom. The van der Waals surface area contributed by atoms with Crippen molar-refractivity contribution in [3.8, 4) is 0 Å². The minimum atomic E-state index is -0.847. The zero-order chi connectivity index (χ0) is 25.7. The van der Waals surface area contributed by atoms with Crippen LogP contribution in [-0.4, -0.2) is 42.5 Å². The molecular formula is C29H30FN3O3. The van der Waals surface area contributed by atoms with Gasteiger partial charge >= 0.3 is 5.97 Å². The number of carboxylic acids is 1. The van der Waals surface area contributed by atoms with Crippen molar-refractivity contribution in [3.05, 3.63) is 94.8 Å². The van der Waals surface area contributed by atoms with Gasteiger partial charge in [0.2, 0.25) is 0 Å². The third-order valence-electron chi connectivity index (χ3n) is 6.11. The molecule has 1 aliphatic heterocycles. The number of aryl methyl sites for hydroxylation is 2. The number of nitrogens with zero attached hydrogens (tertiary/aromatic N) is 1. The van der Waals surface area contributed by atoms with Crippen LogP contribution in [0.2, 0.25) is 0 Å². The minimum Gasteiger partial charge on any atom is -0.481 e. The topological polar surface area (TPSA) is 81.7 Å². The highest BCUT2D eigenvalue weighted by Crippen LogP contribution is 2.38. The van der Waals surface area contributed by atoms with Crippen LogP contribution in [0.3, 0.4) is 0 Å². The van der Waals surface area contributed by atoms with E-state index in [1.165, 1.54) is 17.7 Å². The zero-order valence-corrected chi connectivity index (χ0v) is 20.5. The molecule has 4 rings (SSSR count). The Morgan fingerprint density at radius 1 is 1.00 bits per heavy atom. The Labute approximate surface area is 210 Å². The lowest BCUT2D eigenvalue weighted by Crippen LogP contribution is -2.13. The van der Waals surface area contributed by atoms with Gasteiger partial charge in [-0.1, -0.05) is 36.4 Å². The fourth-order valence-corrected chi connectivity index (χ4v) is 4.31. The van der Waals surface area contributed by atoms with Crippen molar-refractivity contribution in [2.45, 2.75) is 25.7 Å². The first-order chi connectivity index (χ1) is 17.3. The molecule has 3 aromatic carbocycles. The van der Waals surface area contributed by atoms with Crippen molar-refractivity contribution >= 4 is 34.5 Å². The van der Waals surface area contributed by atoms with Crippen LogP contribution in [0.25, 0.3) is 11.3 Å². The van der Waals surface area contributed by atoms with Crippen LogP contribution in [0.1, 0.15) is 35.1 Å². The summed E-state index contributed by atoms with van der Waals surface area (Å²) in [6.07, 6.45) is 2.43. The number of carbonyl (C=O) groups is 2. The number of nitrogens with one attached hydrogen (secondary N) is 2. The normalized spacial score (nSPS) is 13.9. The molecule has 6 nitrogen and oxygen atoms in total. The van der Waals surface area contributed by atoms with E-state index in [9.17, 15) is 14.0 Å². The van der Waals surface area contributed by atoms with E-state index in [2.05, 4.69) is 41.8 Å². The first-order valence-corrected chi connectivity index (χ1v) is 12.0. The van der Waals surface area contributed by atoms with Crippen molar-refractivity contribution in [2.75, 3.05) is 31.3 Å². The van der Waals surface area contributed by atoms with E-state index < -0.39 is 11.8 Å². The van der Waals surface area contributed by atoms with Gasteiger partial charge in [-0.05, 0) is 86.9 Å². The van der Waals surface area contributed by atoms with Crippen molar-refractivity contribution in [1.82, 2.24) is 4.90 Å². The van der Waals surface area contributed by atoms with Crippen LogP contribution >= 0.6 is 0 Å². The second-order valence-corrected chi connectivity index (χ2v) is 9.22. The van der Waals surface area contributed by atoms with Crippen LogP contribution in [0, 0.1) is 5.82 Å². The van der Waals surface area contributed by atoms with E-state index in [-0.39, 0.29) is 12.3 Å². The molecule has 0 saturated carbocycles. The summed E-state index contributed by atoms with van der Waals surface area (Å²) in [5, 5.41) is 15.2. The quantitative estimate of drug-likeness (QED) is 0.340. The predicted molar refractivity (Wildman–Crippen MR) is 141 cm³/mol. The van der Waals surface area contributed by atoms with E-state index in [1.54, 1.807) is 6.07 Å². The molecule has 0 aliphatic carbocycles. The number of fused-ring (bicyclic) bond motifs is 1. The number of carbonyl (C=O) groups excluding carboxylic acids is 1. The van der Waals surface area contributed by atoms with Gasteiger partial charge in [0.1, 0.15) is 5.82 Å². The molecule has 0 atom stereocenters. The molecule has 0 radical (unpaired) electrons. The molecular weight excluding hydrogens is 457 g/mol. The van der Waals surface area contributed by atoms with E-state index in [4.69, 9.17) is 5.11 Å². The van der Waals surface area contributed by atoms with E-state index in [0.717, 1.165) is 36.2 Å². The summed E-state index contributed by atoms with van der Waals surface area (Å²) in [7, 11) is 4.11. The number of hydrogen-bond donors (Lipinski definition) is 3. The molecule has 186 valence electrons. The van der Waals surface area contributed by atoms with Gasteiger partial charge < -0.3 is 20.6 Å². The second-order valence-electron chi connectivity index (χ2n) is 9.22. The number of benzene rings is 3. The molecule has 0 bridgehead atoms. The average Bonchev–Trinajstić information content (AvgIpc) is 3.16. The molecule has 0 spiro atoms. The molecule has 7 heteroatoms. The van der Waals surface area contributed by atoms with Gasteiger partial charge in [-0.3, -0.25) is 9.59 Å². The van der Waals surface area contributed by atoms with Crippen LogP contribution in [-0.2, 0) is 22.4 Å². The fraction of sp³-hybridized carbons (Fsp3) is 0.241. The highest BCUT2D eigenvalue weighted by atomic mass is 19.1. The number of anilines is 2. The van der Waals surface area contributed by atoms with Crippen molar-refractivity contribution < 1.29 is 19.1 Å². The number of hydrogen-bond acceptors (Lipinski definition) is 4. The third kappa shape index (κ3) is 6.17. The van der Waals surface area contributed by atoms with Crippen molar-refractivity contribution in [2.24, 2.45) is 0 Å². The molecule has 3 N–H and O–H groups in total. The summed E-state index contributed by atoms with van der Waals surface area (Å²) in [6.45, 7) is 0.995. The third-order valence-corrected chi connectivity index (χ3v) is 6.11. The lowest BCUT2D eigenvalue weighted by Gasteiger charge is -2.16. The molecule has 1 aliphatic rings. The lowest BCUT2D eigenvalue weighted by molar-refractivity contribution is -0.137. The maximum Gasteiger partial charge on any atom is 0.303 e. The van der Waals surface area contributed by atoms with Gasteiger partial charge in [0.25, 0.3) is 5.91 Å². The Balaban J connectivity index is 1.71. The Bertz CT molecular complexity index is 1300. The molecule has 1 amide bonds. The number of amides is 1. The van der Waals surface area contributed by atoms with Gasteiger partial charge in [0, 0.05) is 17.7 Å². The number of halogens is 1. The number of aliphatic carboxylic acids is 1. The van der Waals surface area contributed by atoms with Crippen LogP contribution in [0.4, 0.5) is 15.8 Å². The number of carboxylic acid groups (broad SMARTS) is 1. The maximum atomic E-state index is 13.8. The summed E-state index contributed by atoms with van der Waals surface area (Å²) in [6, 6.07) is 19.9. The summed E-state index contributed by atoms with van der Waals surface area (Å²) < 4.78 is 13.8. The second kappa shape index (κ2) is 11.2. The highest BCUT2D eigenvalue weighted by molar-refractivity contribution is 6.37. The van der Waals surface area contributed by atoms with Crippen molar-refractivity contribution in [1.29, 1.82) is 0 Å². The molecule has 1 heterocycles. The molecule has 0 aromatic heterocycles.